The van der Waals surface area contributed by atoms with Gasteiger partial charge in [-0.05, 0) is 61.9 Å². The van der Waals surface area contributed by atoms with Gasteiger partial charge in [0.25, 0.3) is 0 Å². The van der Waals surface area contributed by atoms with Crippen molar-refractivity contribution in [2.24, 2.45) is 0 Å². The van der Waals surface area contributed by atoms with Crippen molar-refractivity contribution in [2.75, 3.05) is 26.3 Å². The average Bonchev–Trinajstić information content (AvgIpc) is 3.26. The van der Waals surface area contributed by atoms with Gasteiger partial charge in [0.1, 0.15) is 16.4 Å². The molecule has 3 aromatic rings. The summed E-state index contributed by atoms with van der Waals surface area (Å²) in [5, 5.41) is 1.13. The monoisotopic (exact) mass is 395 g/mol. The molecule has 0 atom stereocenters. The van der Waals surface area contributed by atoms with Crippen LogP contribution in [-0.4, -0.2) is 41.2 Å². The third kappa shape index (κ3) is 3.41. The summed E-state index contributed by atoms with van der Waals surface area (Å²) in [5.74, 6) is 2.41. The van der Waals surface area contributed by atoms with Gasteiger partial charge in [-0.2, -0.15) is 4.98 Å². The third-order valence-corrected chi connectivity index (χ3v) is 6.93. The molecule has 1 aromatic carbocycles. The van der Waals surface area contributed by atoms with Gasteiger partial charge in [0.15, 0.2) is 0 Å². The van der Waals surface area contributed by atoms with E-state index in [4.69, 9.17) is 19.4 Å². The zero-order chi connectivity index (χ0) is 19.1. The Labute approximate surface area is 169 Å². The first kappa shape index (κ1) is 18.0. The van der Waals surface area contributed by atoms with Gasteiger partial charge in [0, 0.05) is 18.0 Å². The Morgan fingerprint density at radius 3 is 2.79 bits per heavy atom. The number of hydrogen-bond acceptors (Lipinski definition) is 6. The van der Waals surface area contributed by atoms with Crippen molar-refractivity contribution in [3.05, 3.63) is 45.6 Å². The van der Waals surface area contributed by atoms with Gasteiger partial charge in [-0.3, -0.25) is 4.90 Å². The van der Waals surface area contributed by atoms with E-state index in [1.165, 1.54) is 28.0 Å². The van der Waals surface area contributed by atoms with Gasteiger partial charge in [-0.15, -0.1) is 11.3 Å². The SMILES string of the molecule is Cc1ccc(Oc2nc(CN3CCOCC3)nc3sc4c(c23)CCC4)cc1C. The Balaban J connectivity index is 1.54. The molecule has 1 saturated heterocycles. The molecule has 0 N–H and O–H groups in total. The molecule has 0 amide bonds. The molecule has 146 valence electrons. The average molecular weight is 396 g/mol. The summed E-state index contributed by atoms with van der Waals surface area (Å²) in [6.07, 6.45) is 3.47. The van der Waals surface area contributed by atoms with Crippen molar-refractivity contribution >= 4 is 21.6 Å². The highest BCUT2D eigenvalue weighted by Gasteiger charge is 2.24. The number of aromatic nitrogens is 2. The maximum Gasteiger partial charge on any atom is 0.231 e. The van der Waals surface area contributed by atoms with Crippen molar-refractivity contribution in [3.8, 4) is 11.6 Å². The topological polar surface area (TPSA) is 47.5 Å². The first-order chi connectivity index (χ1) is 13.7. The van der Waals surface area contributed by atoms with Gasteiger partial charge >= 0.3 is 0 Å². The van der Waals surface area contributed by atoms with Crippen LogP contribution in [0.25, 0.3) is 10.2 Å². The van der Waals surface area contributed by atoms with Gasteiger partial charge in [-0.25, -0.2) is 4.98 Å². The molecule has 3 heterocycles. The van der Waals surface area contributed by atoms with E-state index in [-0.39, 0.29) is 0 Å². The fraction of sp³-hybridized carbons (Fsp3) is 0.455. The molecular weight excluding hydrogens is 370 g/mol. The van der Waals surface area contributed by atoms with Crippen LogP contribution in [0.3, 0.4) is 0 Å². The molecule has 1 aliphatic heterocycles. The number of fused-ring (bicyclic) bond motifs is 3. The number of aryl methyl sites for hydroxylation is 4. The fourth-order valence-electron chi connectivity index (χ4n) is 4.00. The highest BCUT2D eigenvalue weighted by atomic mass is 32.1. The van der Waals surface area contributed by atoms with Crippen LogP contribution in [0.5, 0.6) is 11.6 Å². The van der Waals surface area contributed by atoms with Gasteiger partial charge in [0.05, 0.1) is 25.1 Å². The van der Waals surface area contributed by atoms with Gasteiger partial charge in [0.2, 0.25) is 5.88 Å². The van der Waals surface area contributed by atoms with Crippen molar-refractivity contribution in [1.29, 1.82) is 0 Å². The zero-order valence-electron chi connectivity index (χ0n) is 16.5. The molecule has 1 fully saturated rings. The molecule has 2 aliphatic rings. The minimum atomic E-state index is 0.718. The number of nitrogens with zero attached hydrogens (tertiary/aromatic N) is 3. The fourth-order valence-corrected chi connectivity index (χ4v) is 5.27. The van der Waals surface area contributed by atoms with Crippen LogP contribution < -0.4 is 4.74 Å². The first-order valence-corrected chi connectivity index (χ1v) is 10.9. The summed E-state index contributed by atoms with van der Waals surface area (Å²) in [6.45, 7) is 8.39. The molecule has 0 unspecified atom stereocenters. The summed E-state index contributed by atoms with van der Waals surface area (Å²) >= 11 is 1.82. The van der Waals surface area contributed by atoms with E-state index in [2.05, 4.69) is 30.9 Å². The molecule has 1 aliphatic carbocycles. The quantitative estimate of drug-likeness (QED) is 0.654. The maximum absolute atomic E-state index is 6.35. The van der Waals surface area contributed by atoms with Crippen LogP contribution >= 0.6 is 11.3 Å². The third-order valence-electron chi connectivity index (χ3n) is 5.74. The Bertz CT molecular complexity index is 1020. The van der Waals surface area contributed by atoms with Crippen LogP contribution in [0.2, 0.25) is 0 Å². The predicted molar refractivity (Wildman–Crippen MR) is 112 cm³/mol. The number of morpholine rings is 1. The van der Waals surface area contributed by atoms with E-state index >= 15 is 0 Å². The summed E-state index contributed by atoms with van der Waals surface area (Å²) in [7, 11) is 0. The number of hydrogen-bond donors (Lipinski definition) is 0. The maximum atomic E-state index is 6.35. The number of thiophene rings is 1. The van der Waals surface area contributed by atoms with E-state index in [9.17, 15) is 0 Å². The molecule has 0 saturated carbocycles. The molecule has 28 heavy (non-hydrogen) atoms. The second-order valence-electron chi connectivity index (χ2n) is 7.72. The Kier molecular flexibility index (Phi) is 4.78. The van der Waals surface area contributed by atoms with E-state index < -0.39 is 0 Å². The second-order valence-corrected chi connectivity index (χ2v) is 8.80. The normalized spacial score (nSPS) is 17.2. The van der Waals surface area contributed by atoms with Crippen LogP contribution in [-0.2, 0) is 24.1 Å². The Morgan fingerprint density at radius 2 is 1.96 bits per heavy atom. The molecule has 2 aromatic heterocycles. The van der Waals surface area contributed by atoms with Gasteiger partial charge in [-0.1, -0.05) is 6.07 Å². The molecule has 0 radical (unpaired) electrons. The molecule has 5 rings (SSSR count). The Morgan fingerprint density at radius 1 is 1.11 bits per heavy atom. The molecule has 5 nitrogen and oxygen atoms in total. The Hall–Kier alpha value is -2.02. The molecular formula is C22H25N3O2S. The van der Waals surface area contributed by atoms with Crippen LogP contribution in [0, 0.1) is 13.8 Å². The number of ether oxygens (including phenoxy) is 2. The number of benzene rings is 1. The minimum absolute atomic E-state index is 0.718. The first-order valence-electron chi connectivity index (χ1n) is 10.0. The lowest BCUT2D eigenvalue weighted by Gasteiger charge is -2.25. The van der Waals surface area contributed by atoms with Crippen molar-refractivity contribution in [1.82, 2.24) is 14.9 Å². The predicted octanol–water partition coefficient (Wildman–Crippen LogP) is 4.42. The van der Waals surface area contributed by atoms with Gasteiger partial charge < -0.3 is 9.47 Å². The molecule has 0 spiro atoms. The summed E-state index contributed by atoms with van der Waals surface area (Å²) in [5.41, 5.74) is 3.90. The summed E-state index contributed by atoms with van der Waals surface area (Å²) in [4.78, 5) is 14.7. The second kappa shape index (κ2) is 7.43. The van der Waals surface area contributed by atoms with E-state index in [1.54, 1.807) is 0 Å². The lowest BCUT2D eigenvalue weighted by molar-refractivity contribution is 0.0330. The van der Waals surface area contributed by atoms with Crippen molar-refractivity contribution in [3.63, 3.8) is 0 Å². The van der Waals surface area contributed by atoms with Crippen molar-refractivity contribution < 1.29 is 9.47 Å². The summed E-state index contributed by atoms with van der Waals surface area (Å²) in [6, 6.07) is 6.23. The van der Waals surface area contributed by atoms with Crippen LogP contribution in [0.4, 0.5) is 0 Å². The van der Waals surface area contributed by atoms with Crippen LogP contribution in [0.1, 0.15) is 33.8 Å². The van der Waals surface area contributed by atoms with E-state index in [0.29, 0.717) is 0 Å². The zero-order valence-corrected chi connectivity index (χ0v) is 17.3. The highest BCUT2D eigenvalue weighted by Crippen LogP contribution is 2.41. The van der Waals surface area contributed by atoms with Crippen LogP contribution in [0.15, 0.2) is 18.2 Å². The largest absolute Gasteiger partial charge is 0.438 e. The lowest BCUT2D eigenvalue weighted by Crippen LogP contribution is -2.36. The smallest absolute Gasteiger partial charge is 0.231 e. The standard InChI is InChI=1S/C22H25N3O2S/c1-14-6-7-16(12-15(14)2)27-21-20-17-4-3-5-18(17)28-22(20)24-19(23-21)13-25-8-10-26-11-9-25/h6-7,12H,3-5,8-11,13H2,1-2H3. The van der Waals surface area contributed by atoms with Crippen molar-refractivity contribution in [2.45, 2.75) is 39.7 Å². The molecule has 6 heteroatoms. The highest BCUT2D eigenvalue weighted by molar-refractivity contribution is 7.19. The summed E-state index contributed by atoms with van der Waals surface area (Å²) < 4.78 is 11.8. The van der Waals surface area contributed by atoms with E-state index in [1.807, 2.05) is 17.4 Å². The minimum Gasteiger partial charge on any atom is -0.438 e. The number of rotatable bonds is 4. The lowest BCUT2D eigenvalue weighted by atomic mass is 10.1. The van der Waals surface area contributed by atoms with E-state index in [0.717, 1.165) is 73.4 Å². The molecule has 0 bridgehead atoms.